The second kappa shape index (κ2) is 6.87. The number of rotatable bonds is 3. The van der Waals surface area contributed by atoms with Crippen LogP contribution in [-0.4, -0.2) is 28.0 Å². The van der Waals surface area contributed by atoms with Crippen LogP contribution in [-0.2, 0) is 12.8 Å². The molecule has 0 saturated carbocycles. The van der Waals surface area contributed by atoms with Crippen LogP contribution in [0.15, 0.2) is 53.7 Å². The number of pyridine rings is 1. The summed E-state index contributed by atoms with van der Waals surface area (Å²) in [6.07, 6.45) is 2.30. The Morgan fingerprint density at radius 2 is 1.87 bits per heavy atom. The van der Waals surface area contributed by atoms with Crippen molar-refractivity contribution in [3.63, 3.8) is 0 Å². The first-order valence-electron chi connectivity index (χ1n) is 10.3. The summed E-state index contributed by atoms with van der Waals surface area (Å²) in [5.74, 6) is 0.846. The predicted octanol–water partition coefficient (Wildman–Crippen LogP) is 5.47. The number of fused-ring (bicyclic) bond motifs is 5. The van der Waals surface area contributed by atoms with Crippen LogP contribution in [0.5, 0.6) is 5.75 Å². The smallest absolute Gasteiger partial charge is 0.118 e. The molecule has 2 aromatic heterocycles. The fraction of sp³-hybridized carbons (Fsp3) is 0.280. The van der Waals surface area contributed by atoms with Crippen LogP contribution < -0.4 is 4.74 Å². The Morgan fingerprint density at radius 3 is 2.60 bits per heavy atom. The topological polar surface area (TPSA) is 70.5 Å². The SMILES string of the molecule is COc1ccc(Cc2nc3c(c4c2[nH]c2ccccc24)/C(=N/O)CC(C)(C)C3)cc1. The van der Waals surface area contributed by atoms with Crippen LogP contribution in [0.2, 0.25) is 0 Å². The van der Waals surface area contributed by atoms with E-state index in [1.165, 1.54) is 5.56 Å². The number of ether oxygens (including phenoxy) is 1. The van der Waals surface area contributed by atoms with Gasteiger partial charge in [0.15, 0.2) is 0 Å². The number of aromatic amines is 1. The molecule has 0 atom stereocenters. The molecule has 30 heavy (non-hydrogen) atoms. The highest BCUT2D eigenvalue weighted by Crippen LogP contribution is 2.40. The van der Waals surface area contributed by atoms with Crippen LogP contribution in [0.3, 0.4) is 0 Å². The minimum absolute atomic E-state index is 0.00126. The Balaban J connectivity index is 1.77. The largest absolute Gasteiger partial charge is 0.497 e. The highest BCUT2D eigenvalue weighted by atomic mass is 16.5. The summed E-state index contributed by atoms with van der Waals surface area (Å²) in [5.41, 5.74) is 7.00. The minimum Gasteiger partial charge on any atom is -0.497 e. The number of hydrogen-bond donors (Lipinski definition) is 2. The third-order valence-corrected chi connectivity index (χ3v) is 6.04. The van der Waals surface area contributed by atoms with Crippen LogP contribution in [0.4, 0.5) is 0 Å². The molecule has 0 spiro atoms. The molecule has 0 aliphatic heterocycles. The van der Waals surface area contributed by atoms with Crippen molar-refractivity contribution in [1.82, 2.24) is 9.97 Å². The van der Waals surface area contributed by atoms with Gasteiger partial charge in [0.25, 0.3) is 0 Å². The van der Waals surface area contributed by atoms with Gasteiger partial charge in [-0.2, -0.15) is 0 Å². The van der Waals surface area contributed by atoms with Crippen molar-refractivity contribution in [3.8, 4) is 5.75 Å². The lowest BCUT2D eigenvalue weighted by Crippen LogP contribution is -2.29. The molecule has 4 aromatic rings. The van der Waals surface area contributed by atoms with Crippen molar-refractivity contribution in [1.29, 1.82) is 0 Å². The van der Waals surface area contributed by atoms with Gasteiger partial charge < -0.3 is 14.9 Å². The van der Waals surface area contributed by atoms with Crippen LogP contribution >= 0.6 is 0 Å². The number of hydrogen-bond acceptors (Lipinski definition) is 4. The van der Waals surface area contributed by atoms with Crippen molar-refractivity contribution in [2.45, 2.75) is 33.1 Å². The van der Waals surface area contributed by atoms with Crippen molar-refractivity contribution >= 4 is 27.5 Å². The monoisotopic (exact) mass is 399 g/mol. The molecule has 1 aliphatic carbocycles. The van der Waals surface area contributed by atoms with Gasteiger partial charge in [0.05, 0.1) is 29.7 Å². The highest BCUT2D eigenvalue weighted by molar-refractivity contribution is 6.21. The standard InChI is InChI=1S/C25H25N3O2/c1-25(2)13-20-23(21(14-25)28-29)22-17-6-4-5-7-18(17)27-24(22)19(26-20)12-15-8-10-16(30-3)11-9-15/h4-11,27,29H,12-14H2,1-3H3/b28-21+. The first-order chi connectivity index (χ1) is 14.5. The van der Waals surface area contributed by atoms with Crippen molar-refractivity contribution < 1.29 is 9.94 Å². The van der Waals surface area contributed by atoms with E-state index in [0.29, 0.717) is 6.42 Å². The van der Waals surface area contributed by atoms with E-state index in [9.17, 15) is 5.21 Å². The average molecular weight is 399 g/mol. The Kier molecular flexibility index (Phi) is 4.28. The summed E-state index contributed by atoms with van der Waals surface area (Å²) in [5, 5.41) is 15.8. The van der Waals surface area contributed by atoms with E-state index in [-0.39, 0.29) is 5.41 Å². The minimum atomic E-state index is -0.00126. The molecule has 0 bridgehead atoms. The van der Waals surface area contributed by atoms with Gasteiger partial charge in [-0.1, -0.05) is 49.3 Å². The Labute approximate surface area is 175 Å². The number of methoxy groups -OCH3 is 1. The third-order valence-electron chi connectivity index (χ3n) is 6.04. The van der Waals surface area contributed by atoms with E-state index >= 15 is 0 Å². The third kappa shape index (κ3) is 3.02. The van der Waals surface area contributed by atoms with Gasteiger partial charge >= 0.3 is 0 Å². The summed E-state index contributed by atoms with van der Waals surface area (Å²) >= 11 is 0. The number of nitrogens with one attached hydrogen (secondary N) is 1. The van der Waals surface area contributed by atoms with E-state index in [1.807, 2.05) is 24.3 Å². The van der Waals surface area contributed by atoms with Gasteiger partial charge in [-0.05, 0) is 42.0 Å². The first kappa shape index (κ1) is 18.7. The number of aromatic nitrogens is 2. The summed E-state index contributed by atoms with van der Waals surface area (Å²) in [4.78, 5) is 8.69. The molecule has 0 saturated heterocycles. The molecule has 5 heteroatoms. The molecule has 1 aliphatic rings. The van der Waals surface area contributed by atoms with Crippen LogP contribution in [0, 0.1) is 5.41 Å². The van der Waals surface area contributed by atoms with E-state index < -0.39 is 0 Å². The fourth-order valence-electron chi connectivity index (χ4n) is 4.68. The van der Waals surface area contributed by atoms with Crippen molar-refractivity contribution in [2.24, 2.45) is 10.6 Å². The zero-order valence-corrected chi connectivity index (χ0v) is 17.5. The van der Waals surface area contributed by atoms with Gasteiger partial charge in [-0.25, -0.2) is 0 Å². The van der Waals surface area contributed by atoms with Crippen molar-refractivity contribution in [2.75, 3.05) is 7.11 Å². The summed E-state index contributed by atoms with van der Waals surface area (Å²) in [7, 11) is 1.68. The zero-order chi connectivity index (χ0) is 20.9. The maximum atomic E-state index is 9.83. The first-order valence-corrected chi connectivity index (χ1v) is 10.3. The van der Waals surface area contributed by atoms with Gasteiger partial charge in [-0.15, -0.1) is 0 Å². The molecular weight excluding hydrogens is 374 g/mol. The van der Waals surface area contributed by atoms with Crippen LogP contribution in [0.25, 0.3) is 21.8 Å². The molecule has 0 fully saturated rings. The normalized spacial score (nSPS) is 16.8. The second-order valence-corrected chi connectivity index (χ2v) is 8.89. The lowest BCUT2D eigenvalue weighted by atomic mass is 9.74. The summed E-state index contributed by atoms with van der Waals surface area (Å²) in [6, 6.07) is 16.4. The number of benzene rings is 2. The summed E-state index contributed by atoms with van der Waals surface area (Å²) < 4.78 is 5.29. The average Bonchev–Trinajstić information content (AvgIpc) is 3.13. The lowest BCUT2D eigenvalue weighted by Gasteiger charge is -2.31. The Morgan fingerprint density at radius 1 is 1.10 bits per heavy atom. The molecule has 5 nitrogen and oxygen atoms in total. The van der Waals surface area contributed by atoms with Gasteiger partial charge in [0.1, 0.15) is 5.75 Å². The number of H-pyrrole nitrogens is 1. The second-order valence-electron chi connectivity index (χ2n) is 8.89. The maximum Gasteiger partial charge on any atom is 0.118 e. The van der Waals surface area contributed by atoms with Crippen molar-refractivity contribution in [3.05, 3.63) is 71.0 Å². The molecule has 2 heterocycles. The van der Waals surface area contributed by atoms with Gasteiger partial charge in [0.2, 0.25) is 0 Å². The molecule has 0 amide bonds. The molecular formula is C25H25N3O2. The molecule has 0 radical (unpaired) electrons. The summed E-state index contributed by atoms with van der Waals surface area (Å²) in [6.45, 7) is 4.40. The van der Waals surface area contributed by atoms with E-state index in [1.54, 1.807) is 7.11 Å². The van der Waals surface area contributed by atoms with E-state index in [2.05, 4.69) is 48.3 Å². The number of oxime groups is 1. The maximum absolute atomic E-state index is 9.83. The van der Waals surface area contributed by atoms with Crippen LogP contribution in [0.1, 0.15) is 42.8 Å². The highest BCUT2D eigenvalue weighted by Gasteiger charge is 2.34. The lowest BCUT2D eigenvalue weighted by molar-refractivity contribution is 0.306. The zero-order valence-electron chi connectivity index (χ0n) is 17.5. The van der Waals surface area contributed by atoms with E-state index in [0.717, 1.165) is 63.1 Å². The molecule has 2 aromatic carbocycles. The quantitative estimate of drug-likeness (QED) is 0.355. The van der Waals surface area contributed by atoms with Gasteiger partial charge in [0, 0.05) is 28.3 Å². The molecule has 5 rings (SSSR count). The fourth-order valence-corrected chi connectivity index (χ4v) is 4.68. The number of nitrogens with zero attached hydrogens (tertiary/aromatic N) is 2. The number of para-hydroxylation sites is 1. The van der Waals surface area contributed by atoms with E-state index in [4.69, 9.17) is 9.72 Å². The molecule has 152 valence electrons. The Hall–Kier alpha value is -3.34. The van der Waals surface area contributed by atoms with Gasteiger partial charge in [-0.3, -0.25) is 4.98 Å². The molecule has 2 N–H and O–H groups in total. The molecule has 0 unspecified atom stereocenters. The Bertz CT molecular complexity index is 1280. The predicted molar refractivity (Wildman–Crippen MR) is 120 cm³/mol.